The first-order chi connectivity index (χ1) is 5.79. The van der Waals surface area contributed by atoms with Gasteiger partial charge < -0.3 is 9.84 Å². The van der Waals surface area contributed by atoms with Crippen molar-refractivity contribution in [1.29, 1.82) is 0 Å². The Bertz CT molecular complexity index is 144. The topological polar surface area (TPSA) is 67.8 Å². The van der Waals surface area contributed by atoms with Gasteiger partial charge in [0, 0.05) is 13.0 Å². The minimum Gasteiger partial charge on any atom is -0.480 e. The summed E-state index contributed by atoms with van der Waals surface area (Å²) >= 11 is 0. The SMILES string of the molecule is O=C(O)CNOC1CCCCO1. The zero-order chi connectivity index (χ0) is 8.81. The van der Waals surface area contributed by atoms with Gasteiger partial charge in [0.15, 0.2) is 6.29 Å². The number of hydrogen-bond donors (Lipinski definition) is 2. The number of carboxylic acids is 1. The molecule has 2 N–H and O–H groups in total. The molecule has 0 amide bonds. The number of aliphatic carboxylic acids is 1. The van der Waals surface area contributed by atoms with E-state index in [1.807, 2.05) is 0 Å². The van der Waals surface area contributed by atoms with Gasteiger partial charge in [-0.1, -0.05) is 0 Å². The van der Waals surface area contributed by atoms with E-state index < -0.39 is 5.97 Å². The van der Waals surface area contributed by atoms with Gasteiger partial charge in [-0.15, -0.1) is 0 Å². The third-order valence-corrected chi connectivity index (χ3v) is 1.58. The van der Waals surface area contributed by atoms with Gasteiger partial charge in [0.25, 0.3) is 0 Å². The van der Waals surface area contributed by atoms with Gasteiger partial charge in [-0.3, -0.25) is 9.63 Å². The quantitative estimate of drug-likeness (QED) is 0.594. The molecule has 1 heterocycles. The fraction of sp³-hybridized carbons (Fsp3) is 0.857. The molecular formula is C7H13NO4. The van der Waals surface area contributed by atoms with Gasteiger partial charge in [-0.2, -0.15) is 5.48 Å². The summed E-state index contributed by atoms with van der Waals surface area (Å²) in [5.74, 6) is -0.939. The predicted molar refractivity (Wildman–Crippen MR) is 40.3 cm³/mol. The number of hydroxylamine groups is 1. The van der Waals surface area contributed by atoms with Crippen LogP contribution in [0.25, 0.3) is 0 Å². The molecule has 1 unspecified atom stereocenters. The van der Waals surface area contributed by atoms with Crippen LogP contribution in [0.3, 0.4) is 0 Å². The molecule has 5 nitrogen and oxygen atoms in total. The van der Waals surface area contributed by atoms with E-state index in [-0.39, 0.29) is 12.8 Å². The molecule has 1 aliphatic heterocycles. The lowest BCUT2D eigenvalue weighted by atomic mass is 10.2. The highest BCUT2D eigenvalue weighted by Gasteiger charge is 2.14. The maximum Gasteiger partial charge on any atom is 0.319 e. The minimum atomic E-state index is -0.939. The van der Waals surface area contributed by atoms with Crippen molar-refractivity contribution in [2.24, 2.45) is 0 Å². The monoisotopic (exact) mass is 175 g/mol. The van der Waals surface area contributed by atoms with Crippen molar-refractivity contribution in [3.63, 3.8) is 0 Å². The van der Waals surface area contributed by atoms with E-state index in [1.54, 1.807) is 0 Å². The van der Waals surface area contributed by atoms with Crippen molar-refractivity contribution in [1.82, 2.24) is 5.48 Å². The summed E-state index contributed by atoms with van der Waals surface area (Å²) < 4.78 is 5.18. The Morgan fingerprint density at radius 3 is 3.08 bits per heavy atom. The Hall–Kier alpha value is -0.650. The molecule has 0 aromatic heterocycles. The van der Waals surface area contributed by atoms with Crippen LogP contribution in [0.5, 0.6) is 0 Å². The molecule has 1 rings (SSSR count). The van der Waals surface area contributed by atoms with Crippen LogP contribution in [0.2, 0.25) is 0 Å². The van der Waals surface area contributed by atoms with Crippen LogP contribution < -0.4 is 5.48 Å². The fourth-order valence-corrected chi connectivity index (χ4v) is 1.00. The van der Waals surface area contributed by atoms with Gasteiger partial charge in [0.1, 0.15) is 6.54 Å². The number of hydrogen-bond acceptors (Lipinski definition) is 4. The Kier molecular flexibility index (Phi) is 3.99. The zero-order valence-corrected chi connectivity index (χ0v) is 6.78. The third-order valence-electron chi connectivity index (χ3n) is 1.58. The predicted octanol–water partition coefficient (Wildman–Crippen LogP) is 0.119. The van der Waals surface area contributed by atoms with Gasteiger partial charge in [-0.25, -0.2) is 0 Å². The van der Waals surface area contributed by atoms with Crippen molar-refractivity contribution in [2.45, 2.75) is 25.6 Å². The van der Waals surface area contributed by atoms with Crippen LogP contribution in [-0.4, -0.2) is 30.5 Å². The zero-order valence-electron chi connectivity index (χ0n) is 6.78. The summed E-state index contributed by atoms with van der Waals surface area (Å²) in [5, 5.41) is 8.26. The standard InChI is InChI=1S/C7H13NO4/c9-6(10)5-8-12-7-3-1-2-4-11-7/h7-8H,1-5H2,(H,9,10). The lowest BCUT2D eigenvalue weighted by Crippen LogP contribution is -2.32. The van der Waals surface area contributed by atoms with E-state index in [4.69, 9.17) is 14.7 Å². The highest BCUT2D eigenvalue weighted by molar-refractivity contribution is 5.68. The van der Waals surface area contributed by atoms with Crippen molar-refractivity contribution >= 4 is 5.97 Å². The highest BCUT2D eigenvalue weighted by atomic mass is 16.8. The molecule has 70 valence electrons. The summed E-state index contributed by atoms with van der Waals surface area (Å²) in [5.41, 5.74) is 2.33. The van der Waals surface area contributed by atoms with Crippen molar-refractivity contribution in [2.75, 3.05) is 13.2 Å². The van der Waals surface area contributed by atoms with E-state index in [2.05, 4.69) is 5.48 Å². The average molecular weight is 175 g/mol. The summed E-state index contributed by atoms with van der Waals surface area (Å²) in [6, 6.07) is 0. The average Bonchev–Trinajstić information content (AvgIpc) is 2.05. The van der Waals surface area contributed by atoms with Crippen molar-refractivity contribution in [3.05, 3.63) is 0 Å². The molecule has 1 atom stereocenters. The smallest absolute Gasteiger partial charge is 0.319 e. The largest absolute Gasteiger partial charge is 0.480 e. The second kappa shape index (κ2) is 5.08. The first kappa shape index (κ1) is 9.44. The third kappa shape index (κ3) is 3.66. The van der Waals surface area contributed by atoms with Crippen LogP contribution >= 0.6 is 0 Å². The van der Waals surface area contributed by atoms with Gasteiger partial charge in [0.2, 0.25) is 0 Å². The number of rotatable bonds is 4. The Labute approximate surface area is 70.6 Å². The molecule has 0 radical (unpaired) electrons. The summed E-state index contributed by atoms with van der Waals surface area (Å²) in [7, 11) is 0. The van der Waals surface area contributed by atoms with E-state index in [9.17, 15) is 4.79 Å². The van der Waals surface area contributed by atoms with Crippen LogP contribution in [-0.2, 0) is 14.4 Å². The second-order valence-corrected chi connectivity index (χ2v) is 2.63. The molecule has 0 spiro atoms. The second-order valence-electron chi connectivity index (χ2n) is 2.63. The molecule has 0 bridgehead atoms. The minimum absolute atomic E-state index is 0.195. The Morgan fingerprint density at radius 1 is 1.67 bits per heavy atom. The van der Waals surface area contributed by atoms with E-state index in [0.717, 1.165) is 19.3 Å². The summed E-state index contributed by atoms with van der Waals surface area (Å²) in [6.07, 6.45) is 2.67. The molecule has 0 saturated carbocycles. The van der Waals surface area contributed by atoms with Crippen molar-refractivity contribution < 1.29 is 19.5 Å². The first-order valence-electron chi connectivity index (χ1n) is 4.01. The molecule has 5 heteroatoms. The first-order valence-corrected chi connectivity index (χ1v) is 4.01. The fourth-order valence-electron chi connectivity index (χ4n) is 1.00. The number of carbonyl (C=O) groups is 1. The van der Waals surface area contributed by atoms with Crippen LogP contribution in [0.4, 0.5) is 0 Å². The number of ether oxygens (including phenoxy) is 1. The molecular weight excluding hydrogens is 162 g/mol. The highest BCUT2D eigenvalue weighted by Crippen LogP contribution is 2.12. The van der Waals surface area contributed by atoms with E-state index >= 15 is 0 Å². The Morgan fingerprint density at radius 2 is 2.50 bits per heavy atom. The molecule has 0 aromatic rings. The van der Waals surface area contributed by atoms with Crippen LogP contribution in [0.1, 0.15) is 19.3 Å². The van der Waals surface area contributed by atoms with E-state index in [0.29, 0.717) is 6.61 Å². The molecule has 1 fully saturated rings. The van der Waals surface area contributed by atoms with Crippen LogP contribution in [0.15, 0.2) is 0 Å². The molecule has 0 aliphatic carbocycles. The van der Waals surface area contributed by atoms with E-state index in [1.165, 1.54) is 0 Å². The molecule has 12 heavy (non-hydrogen) atoms. The lowest BCUT2D eigenvalue weighted by molar-refractivity contribution is -0.198. The lowest BCUT2D eigenvalue weighted by Gasteiger charge is -2.21. The molecule has 1 saturated heterocycles. The maximum atomic E-state index is 10.1. The van der Waals surface area contributed by atoms with Gasteiger partial charge in [0.05, 0.1) is 0 Å². The maximum absolute atomic E-state index is 10.1. The number of carboxylic acid groups (broad SMARTS) is 1. The summed E-state index contributed by atoms with van der Waals surface area (Å²) in [4.78, 5) is 15.0. The van der Waals surface area contributed by atoms with Crippen molar-refractivity contribution in [3.8, 4) is 0 Å². The molecule has 0 aromatic carbocycles. The van der Waals surface area contributed by atoms with Crippen LogP contribution in [0, 0.1) is 0 Å². The van der Waals surface area contributed by atoms with Gasteiger partial charge in [-0.05, 0) is 12.8 Å². The van der Waals surface area contributed by atoms with Gasteiger partial charge >= 0.3 is 5.97 Å². The number of nitrogens with one attached hydrogen (secondary N) is 1. The Balaban J connectivity index is 2.01. The summed E-state index contributed by atoms with van der Waals surface area (Å²) in [6.45, 7) is 0.499. The molecule has 1 aliphatic rings. The normalized spacial score (nSPS) is 23.8.